The maximum absolute atomic E-state index is 13.6. The molecule has 0 N–H and O–H groups in total. The van der Waals surface area contributed by atoms with E-state index in [4.69, 9.17) is 9.47 Å². The summed E-state index contributed by atoms with van der Waals surface area (Å²) in [5, 5.41) is 0. The second kappa shape index (κ2) is 5.99. The molecule has 0 saturated heterocycles. The summed E-state index contributed by atoms with van der Waals surface area (Å²) >= 11 is 0. The largest absolute Gasteiger partial charge is 0.491 e. The summed E-state index contributed by atoms with van der Waals surface area (Å²) < 4.78 is 36.9. The normalized spacial score (nSPS) is 11.3. The van der Waals surface area contributed by atoms with Crippen LogP contribution in [0.15, 0.2) is 12.1 Å². The maximum Gasteiger partial charge on any atom is 0.311 e. The van der Waals surface area contributed by atoms with Gasteiger partial charge in [-0.25, -0.2) is 0 Å². The third kappa shape index (κ3) is 4.50. The molecule has 1 aromatic rings. The van der Waals surface area contributed by atoms with E-state index >= 15 is 0 Å². The third-order valence-electron chi connectivity index (χ3n) is 2.21. The molecule has 0 aliphatic heterocycles. The van der Waals surface area contributed by atoms with Crippen LogP contribution in [0.2, 0.25) is 0 Å². The van der Waals surface area contributed by atoms with Gasteiger partial charge in [-0.3, -0.25) is 4.79 Å². The lowest BCUT2D eigenvalue weighted by atomic mass is 9.92. The van der Waals surface area contributed by atoms with E-state index in [1.54, 1.807) is 6.92 Å². The SMILES string of the molecule is CCOc1ccc(OC(=O)CC(C)(C)C)c(F)c1F. The quantitative estimate of drug-likeness (QED) is 0.619. The fourth-order valence-corrected chi connectivity index (χ4v) is 1.45. The van der Waals surface area contributed by atoms with Gasteiger partial charge in [-0.05, 0) is 24.5 Å². The molecule has 0 radical (unpaired) electrons. The molecule has 0 atom stereocenters. The second-order valence-corrected chi connectivity index (χ2v) is 5.33. The van der Waals surface area contributed by atoms with Crippen molar-refractivity contribution < 1.29 is 23.0 Å². The first kappa shape index (κ1) is 15.4. The van der Waals surface area contributed by atoms with Crippen LogP contribution in [-0.4, -0.2) is 12.6 Å². The van der Waals surface area contributed by atoms with Crippen molar-refractivity contribution in [3.63, 3.8) is 0 Å². The minimum atomic E-state index is -1.21. The van der Waals surface area contributed by atoms with E-state index in [2.05, 4.69) is 0 Å². The van der Waals surface area contributed by atoms with Crippen LogP contribution in [0.25, 0.3) is 0 Å². The molecule has 0 heterocycles. The number of carbonyl (C=O) groups excluding carboxylic acids is 1. The highest BCUT2D eigenvalue weighted by Gasteiger charge is 2.21. The maximum atomic E-state index is 13.6. The van der Waals surface area contributed by atoms with E-state index in [0.717, 1.165) is 0 Å². The Kier molecular flexibility index (Phi) is 4.86. The van der Waals surface area contributed by atoms with Gasteiger partial charge >= 0.3 is 5.97 Å². The Hall–Kier alpha value is -1.65. The van der Waals surface area contributed by atoms with Crippen LogP contribution < -0.4 is 9.47 Å². The molecule has 3 nitrogen and oxygen atoms in total. The van der Waals surface area contributed by atoms with E-state index in [0.29, 0.717) is 0 Å². The van der Waals surface area contributed by atoms with Crippen LogP contribution in [0.3, 0.4) is 0 Å². The topological polar surface area (TPSA) is 35.5 Å². The minimum Gasteiger partial charge on any atom is -0.491 e. The zero-order chi connectivity index (χ0) is 14.6. The summed E-state index contributed by atoms with van der Waals surface area (Å²) in [6.45, 7) is 7.43. The number of halogens is 2. The number of hydrogen-bond donors (Lipinski definition) is 0. The summed E-state index contributed by atoms with van der Waals surface area (Å²) in [4.78, 5) is 11.6. The standard InChI is InChI=1S/C14H18F2O3/c1-5-18-9-6-7-10(13(16)12(9)15)19-11(17)8-14(2,3)4/h6-7H,5,8H2,1-4H3. The smallest absolute Gasteiger partial charge is 0.311 e. The molecule has 0 fully saturated rings. The average molecular weight is 272 g/mol. The number of ether oxygens (including phenoxy) is 2. The molecule has 0 aromatic heterocycles. The fraction of sp³-hybridized carbons (Fsp3) is 0.500. The van der Waals surface area contributed by atoms with Gasteiger partial charge in [-0.2, -0.15) is 8.78 Å². The van der Waals surface area contributed by atoms with Crippen LogP contribution in [0.1, 0.15) is 34.1 Å². The van der Waals surface area contributed by atoms with E-state index < -0.39 is 23.4 Å². The van der Waals surface area contributed by atoms with Crippen LogP contribution in [0.4, 0.5) is 8.78 Å². The van der Waals surface area contributed by atoms with Crippen LogP contribution in [-0.2, 0) is 4.79 Å². The molecule has 106 valence electrons. The van der Waals surface area contributed by atoms with Crippen LogP contribution in [0, 0.1) is 17.0 Å². The first-order valence-electron chi connectivity index (χ1n) is 6.06. The molecular weight excluding hydrogens is 254 g/mol. The molecule has 5 heteroatoms. The molecule has 0 aliphatic rings. The van der Waals surface area contributed by atoms with Crippen molar-refractivity contribution in [1.82, 2.24) is 0 Å². The lowest BCUT2D eigenvalue weighted by Gasteiger charge is -2.16. The lowest BCUT2D eigenvalue weighted by Crippen LogP contribution is -2.18. The number of rotatable bonds is 4. The molecule has 1 aromatic carbocycles. The van der Waals surface area contributed by atoms with Gasteiger partial charge in [0.1, 0.15) is 0 Å². The first-order valence-corrected chi connectivity index (χ1v) is 6.06. The van der Waals surface area contributed by atoms with E-state index in [-0.39, 0.29) is 24.2 Å². The Morgan fingerprint density at radius 1 is 1.16 bits per heavy atom. The van der Waals surface area contributed by atoms with Crippen molar-refractivity contribution in [3.05, 3.63) is 23.8 Å². The fourth-order valence-electron chi connectivity index (χ4n) is 1.45. The summed E-state index contributed by atoms with van der Waals surface area (Å²) in [6, 6.07) is 2.42. The number of carbonyl (C=O) groups is 1. The van der Waals surface area contributed by atoms with Crippen molar-refractivity contribution in [2.45, 2.75) is 34.1 Å². The van der Waals surface area contributed by atoms with Crippen molar-refractivity contribution in [2.75, 3.05) is 6.61 Å². The van der Waals surface area contributed by atoms with Gasteiger partial charge in [0, 0.05) is 0 Å². The number of hydrogen-bond acceptors (Lipinski definition) is 3. The van der Waals surface area contributed by atoms with Gasteiger partial charge in [0.15, 0.2) is 11.5 Å². The Labute approximate surface area is 111 Å². The van der Waals surface area contributed by atoms with Crippen molar-refractivity contribution in [2.24, 2.45) is 5.41 Å². The van der Waals surface area contributed by atoms with E-state index in [1.807, 2.05) is 20.8 Å². The molecule has 0 bridgehead atoms. The summed E-state index contributed by atoms with van der Waals surface area (Å²) in [7, 11) is 0. The number of benzene rings is 1. The molecule has 0 saturated carbocycles. The van der Waals surface area contributed by atoms with Crippen molar-refractivity contribution in [3.8, 4) is 11.5 Å². The van der Waals surface area contributed by atoms with Gasteiger partial charge in [-0.15, -0.1) is 0 Å². The zero-order valence-electron chi connectivity index (χ0n) is 11.5. The average Bonchev–Trinajstić information content (AvgIpc) is 2.26. The van der Waals surface area contributed by atoms with Gasteiger partial charge in [0.05, 0.1) is 13.0 Å². The first-order chi connectivity index (χ1) is 8.74. The molecule has 0 spiro atoms. The van der Waals surface area contributed by atoms with Gasteiger partial charge in [0.25, 0.3) is 0 Å². The van der Waals surface area contributed by atoms with Crippen molar-refractivity contribution in [1.29, 1.82) is 0 Å². The molecule has 1 rings (SSSR count). The predicted molar refractivity (Wildman–Crippen MR) is 67.2 cm³/mol. The van der Waals surface area contributed by atoms with Gasteiger partial charge in [-0.1, -0.05) is 20.8 Å². The molecular formula is C14H18F2O3. The Morgan fingerprint density at radius 3 is 2.21 bits per heavy atom. The Bertz CT molecular complexity index is 464. The van der Waals surface area contributed by atoms with E-state index in [1.165, 1.54) is 12.1 Å². The molecule has 19 heavy (non-hydrogen) atoms. The molecule has 0 amide bonds. The third-order valence-corrected chi connectivity index (χ3v) is 2.21. The number of esters is 1. The summed E-state index contributed by atoms with van der Waals surface area (Å²) in [5.41, 5.74) is -0.280. The van der Waals surface area contributed by atoms with E-state index in [9.17, 15) is 13.6 Å². The second-order valence-electron chi connectivity index (χ2n) is 5.33. The highest BCUT2D eigenvalue weighted by atomic mass is 19.2. The van der Waals surface area contributed by atoms with Crippen molar-refractivity contribution >= 4 is 5.97 Å². The zero-order valence-corrected chi connectivity index (χ0v) is 11.5. The van der Waals surface area contributed by atoms with Crippen LogP contribution in [0.5, 0.6) is 11.5 Å². The summed E-state index contributed by atoms with van der Waals surface area (Å²) in [6.07, 6.45) is 0.112. The van der Waals surface area contributed by atoms with Gasteiger partial charge < -0.3 is 9.47 Å². The van der Waals surface area contributed by atoms with Gasteiger partial charge in [0.2, 0.25) is 11.6 Å². The summed E-state index contributed by atoms with van der Waals surface area (Å²) in [5.74, 6) is -3.59. The highest BCUT2D eigenvalue weighted by molar-refractivity contribution is 5.73. The Morgan fingerprint density at radius 2 is 1.68 bits per heavy atom. The monoisotopic (exact) mass is 272 g/mol. The van der Waals surface area contributed by atoms with Crippen LogP contribution >= 0.6 is 0 Å². The molecule has 0 unspecified atom stereocenters. The molecule has 0 aliphatic carbocycles. The lowest BCUT2D eigenvalue weighted by molar-refractivity contribution is -0.136. The highest BCUT2D eigenvalue weighted by Crippen LogP contribution is 2.28. The predicted octanol–water partition coefficient (Wildman–Crippen LogP) is 3.71. The Balaban J connectivity index is 2.86. The minimum absolute atomic E-state index is 0.112.